The Morgan fingerprint density at radius 1 is 1.83 bits per heavy atom. The minimum atomic E-state index is -0.907. The highest BCUT2D eigenvalue weighted by molar-refractivity contribution is 7.05. The molecule has 1 unspecified atom stereocenters. The number of nitrogens with two attached hydrogens (primary N) is 1. The molecule has 5 nitrogen and oxygen atoms in total. The lowest BCUT2D eigenvalue weighted by Gasteiger charge is -2.04. The minimum absolute atomic E-state index is 0.0787. The summed E-state index contributed by atoms with van der Waals surface area (Å²) in [4.78, 5) is 11.0. The van der Waals surface area contributed by atoms with Crippen molar-refractivity contribution in [3.63, 3.8) is 0 Å². The van der Waals surface area contributed by atoms with Crippen LogP contribution in [0.25, 0.3) is 0 Å². The van der Waals surface area contributed by atoms with Crippen LogP contribution in [0.5, 0.6) is 0 Å². The first-order valence-corrected chi connectivity index (χ1v) is 4.15. The van der Waals surface area contributed by atoms with Gasteiger partial charge >= 0.3 is 5.97 Å². The van der Waals surface area contributed by atoms with Crippen molar-refractivity contribution in [3.8, 4) is 0 Å². The zero-order chi connectivity index (χ0) is 9.14. The number of rotatable bonds is 3. The van der Waals surface area contributed by atoms with Gasteiger partial charge in [0, 0.05) is 0 Å². The molecule has 0 radical (unpaired) electrons. The fraction of sp³-hybridized carbons (Fsp3) is 0.500. The Morgan fingerprint density at radius 2 is 2.50 bits per heavy atom. The van der Waals surface area contributed by atoms with Gasteiger partial charge in [-0.15, -0.1) is 5.10 Å². The van der Waals surface area contributed by atoms with E-state index in [1.54, 1.807) is 6.92 Å². The highest BCUT2D eigenvalue weighted by Gasteiger charge is 2.15. The van der Waals surface area contributed by atoms with Gasteiger partial charge in [0.05, 0.1) is 23.0 Å². The van der Waals surface area contributed by atoms with E-state index in [2.05, 4.69) is 9.59 Å². The molecule has 66 valence electrons. The molecule has 6 heteroatoms. The molecule has 1 rings (SSSR count). The Labute approximate surface area is 73.4 Å². The average molecular weight is 187 g/mol. The third-order valence-electron chi connectivity index (χ3n) is 1.42. The molecule has 0 spiro atoms. The van der Waals surface area contributed by atoms with Crippen LogP contribution in [0.15, 0.2) is 0 Å². The van der Waals surface area contributed by atoms with Crippen LogP contribution in [0.1, 0.15) is 23.0 Å². The molecule has 0 saturated heterocycles. The fourth-order valence-electron chi connectivity index (χ4n) is 0.858. The van der Waals surface area contributed by atoms with Gasteiger partial charge in [-0.1, -0.05) is 4.49 Å². The van der Waals surface area contributed by atoms with Gasteiger partial charge in [0.1, 0.15) is 0 Å². The van der Waals surface area contributed by atoms with E-state index in [1.165, 1.54) is 0 Å². The number of aromatic nitrogens is 2. The van der Waals surface area contributed by atoms with Crippen molar-refractivity contribution < 1.29 is 9.90 Å². The zero-order valence-corrected chi connectivity index (χ0v) is 7.34. The lowest BCUT2D eigenvalue weighted by molar-refractivity contribution is -0.137. The van der Waals surface area contributed by atoms with Gasteiger partial charge < -0.3 is 10.8 Å². The molecule has 3 N–H and O–H groups in total. The molecule has 0 aromatic carbocycles. The van der Waals surface area contributed by atoms with Crippen molar-refractivity contribution >= 4 is 17.5 Å². The zero-order valence-electron chi connectivity index (χ0n) is 6.52. The van der Waals surface area contributed by atoms with E-state index in [-0.39, 0.29) is 6.42 Å². The Balaban J connectivity index is 2.71. The Hall–Kier alpha value is -1.01. The van der Waals surface area contributed by atoms with E-state index >= 15 is 0 Å². The molecular formula is C6H9N3O2S. The highest BCUT2D eigenvalue weighted by atomic mass is 32.1. The van der Waals surface area contributed by atoms with Gasteiger partial charge in [-0.2, -0.15) is 0 Å². The summed E-state index contributed by atoms with van der Waals surface area (Å²) < 4.78 is 3.67. The Kier molecular flexibility index (Phi) is 2.72. The van der Waals surface area contributed by atoms with Crippen molar-refractivity contribution in [3.05, 3.63) is 10.6 Å². The van der Waals surface area contributed by atoms with E-state index in [4.69, 9.17) is 10.8 Å². The van der Waals surface area contributed by atoms with E-state index < -0.39 is 12.0 Å². The largest absolute Gasteiger partial charge is 0.481 e. The number of hydrogen-bond donors (Lipinski definition) is 2. The fourth-order valence-corrected chi connectivity index (χ4v) is 1.50. The maximum Gasteiger partial charge on any atom is 0.305 e. The predicted octanol–water partition coefficient (Wildman–Crippen LogP) is 0.321. The Morgan fingerprint density at radius 3 is 2.92 bits per heavy atom. The topological polar surface area (TPSA) is 89.1 Å². The molecule has 12 heavy (non-hydrogen) atoms. The smallest absolute Gasteiger partial charge is 0.305 e. The summed E-state index contributed by atoms with van der Waals surface area (Å²) in [5, 5.41) is 12.2. The third-order valence-corrected chi connectivity index (χ3v) is 2.38. The Bertz CT molecular complexity index is 286. The number of nitrogens with zero attached hydrogens (tertiary/aromatic N) is 2. The van der Waals surface area contributed by atoms with Gasteiger partial charge in [-0.25, -0.2) is 0 Å². The van der Waals surface area contributed by atoms with Crippen LogP contribution in [-0.2, 0) is 4.79 Å². The highest BCUT2D eigenvalue weighted by Crippen LogP contribution is 2.19. The standard InChI is InChI=1S/C6H9N3O2S/c1-3-6(12-9-8-3)4(7)2-5(10)11/h4H,2,7H2,1H3,(H,10,11). The lowest BCUT2D eigenvalue weighted by atomic mass is 10.1. The van der Waals surface area contributed by atoms with Crippen molar-refractivity contribution in [1.29, 1.82) is 0 Å². The first-order valence-electron chi connectivity index (χ1n) is 3.37. The average Bonchev–Trinajstić information content (AvgIpc) is 2.33. The first kappa shape index (κ1) is 9.08. The second-order valence-corrected chi connectivity index (χ2v) is 3.21. The van der Waals surface area contributed by atoms with Crippen LogP contribution < -0.4 is 5.73 Å². The van der Waals surface area contributed by atoms with Gasteiger partial charge in [-0.3, -0.25) is 4.79 Å². The lowest BCUT2D eigenvalue weighted by Crippen LogP contribution is -2.14. The van der Waals surface area contributed by atoms with Crippen LogP contribution in [0, 0.1) is 6.92 Å². The third kappa shape index (κ3) is 1.99. The summed E-state index contributed by atoms with van der Waals surface area (Å²) in [6.07, 6.45) is -0.0787. The number of carboxylic acid groups (broad SMARTS) is 1. The van der Waals surface area contributed by atoms with Crippen LogP contribution in [-0.4, -0.2) is 20.7 Å². The number of hydrogen-bond acceptors (Lipinski definition) is 5. The van der Waals surface area contributed by atoms with E-state index in [0.29, 0.717) is 5.69 Å². The number of carbonyl (C=O) groups is 1. The van der Waals surface area contributed by atoms with Crippen LogP contribution in [0.3, 0.4) is 0 Å². The molecule has 0 aliphatic rings. The monoisotopic (exact) mass is 187 g/mol. The quantitative estimate of drug-likeness (QED) is 0.711. The summed E-state index contributed by atoms with van der Waals surface area (Å²) in [5.74, 6) is -0.907. The van der Waals surface area contributed by atoms with Crippen LogP contribution in [0.2, 0.25) is 0 Å². The molecule has 0 amide bonds. The molecule has 1 heterocycles. The second-order valence-electron chi connectivity index (χ2n) is 2.43. The molecular weight excluding hydrogens is 178 g/mol. The van der Waals surface area contributed by atoms with Crippen molar-refractivity contribution in [2.45, 2.75) is 19.4 Å². The summed E-state index contributed by atoms with van der Waals surface area (Å²) in [7, 11) is 0. The number of carboxylic acids is 1. The van der Waals surface area contributed by atoms with Crippen molar-refractivity contribution in [1.82, 2.24) is 9.59 Å². The molecule has 0 aliphatic heterocycles. The second kappa shape index (κ2) is 3.59. The SMILES string of the molecule is Cc1nnsc1C(N)CC(=O)O. The molecule has 0 saturated carbocycles. The predicted molar refractivity (Wildman–Crippen MR) is 43.8 cm³/mol. The van der Waals surface area contributed by atoms with E-state index in [1.807, 2.05) is 0 Å². The number of aliphatic carboxylic acids is 1. The minimum Gasteiger partial charge on any atom is -0.481 e. The van der Waals surface area contributed by atoms with Gasteiger partial charge in [0.2, 0.25) is 0 Å². The molecule has 0 bridgehead atoms. The normalized spacial score (nSPS) is 12.8. The number of aryl methyl sites for hydroxylation is 1. The van der Waals surface area contributed by atoms with E-state index in [9.17, 15) is 4.79 Å². The van der Waals surface area contributed by atoms with Crippen molar-refractivity contribution in [2.24, 2.45) is 5.73 Å². The van der Waals surface area contributed by atoms with Crippen LogP contribution >= 0.6 is 11.5 Å². The summed E-state index contributed by atoms with van der Waals surface area (Å²) in [6.45, 7) is 1.76. The molecule has 0 aliphatic carbocycles. The van der Waals surface area contributed by atoms with Gasteiger partial charge in [-0.05, 0) is 18.5 Å². The van der Waals surface area contributed by atoms with Gasteiger partial charge in [0.25, 0.3) is 0 Å². The molecule has 1 aromatic rings. The summed E-state index contributed by atoms with van der Waals surface area (Å²) in [5.41, 5.74) is 6.31. The summed E-state index contributed by atoms with van der Waals surface area (Å²) >= 11 is 1.15. The molecule has 0 fully saturated rings. The first-order chi connectivity index (χ1) is 5.61. The molecule has 1 atom stereocenters. The summed E-state index contributed by atoms with van der Waals surface area (Å²) in [6, 6.07) is -0.484. The maximum absolute atomic E-state index is 10.3. The molecule has 1 aromatic heterocycles. The van der Waals surface area contributed by atoms with Crippen molar-refractivity contribution in [2.75, 3.05) is 0 Å². The van der Waals surface area contributed by atoms with Crippen LogP contribution in [0.4, 0.5) is 0 Å². The van der Waals surface area contributed by atoms with E-state index in [0.717, 1.165) is 16.4 Å². The maximum atomic E-state index is 10.3. The van der Waals surface area contributed by atoms with Gasteiger partial charge in [0.15, 0.2) is 0 Å².